The lowest BCUT2D eigenvalue weighted by Crippen LogP contribution is -2.55. The predicted molar refractivity (Wildman–Crippen MR) is 36.1 cm³/mol. The van der Waals surface area contributed by atoms with Crippen molar-refractivity contribution >= 4 is 7.11 Å². The summed E-state index contributed by atoms with van der Waals surface area (Å²) in [7, 11) is -5.31. The van der Waals surface area contributed by atoms with Crippen molar-refractivity contribution in [3.63, 3.8) is 0 Å². The summed E-state index contributed by atoms with van der Waals surface area (Å²) in [6, 6.07) is 0.768. The van der Waals surface area contributed by atoms with Gasteiger partial charge in [0.1, 0.15) is 12.4 Å². The van der Waals surface area contributed by atoms with Crippen LogP contribution in [0.25, 0.3) is 0 Å². The summed E-state index contributed by atoms with van der Waals surface area (Å²) in [6.45, 7) is 0. The van der Waals surface area contributed by atoms with E-state index in [0.29, 0.717) is 24.5 Å². The summed E-state index contributed by atoms with van der Waals surface area (Å²) >= 11 is 0. The maximum atomic E-state index is 12.0. The molecule has 0 aromatic carbocycles. The topological polar surface area (TPSA) is 3.88 Å². The highest BCUT2D eigenvalue weighted by atomic mass is 19.4. The van der Waals surface area contributed by atoms with Crippen molar-refractivity contribution in [2.24, 2.45) is 0 Å². The maximum absolute atomic E-state index is 12.0. The quantitative estimate of drug-likeness (QED) is 0.499. The van der Waals surface area contributed by atoms with Gasteiger partial charge < -0.3 is 17.4 Å². The van der Waals surface area contributed by atoms with E-state index < -0.39 is 18.9 Å². The van der Waals surface area contributed by atoms with Crippen LogP contribution in [0.5, 0.6) is 0 Å². The molecule has 1 nitrogen and oxygen atoms in total. The molecule has 0 saturated carbocycles. The molecule has 0 aliphatic carbocycles. The lowest BCUT2D eigenvalue weighted by molar-refractivity contribution is -0.576. The maximum Gasteiger partial charge on any atom is 0.810 e. The van der Waals surface area contributed by atoms with Crippen molar-refractivity contribution in [2.45, 2.75) is 6.18 Å². The molecule has 0 fully saturated rings. The van der Waals surface area contributed by atoms with Crippen LogP contribution in [0.1, 0.15) is 5.56 Å². The highest BCUT2D eigenvalue weighted by Gasteiger charge is 2.41. The second kappa shape index (κ2) is 3.18. The van der Waals surface area contributed by atoms with Crippen molar-refractivity contribution in [1.82, 2.24) is 0 Å². The van der Waals surface area contributed by atoms with Gasteiger partial charge in [-0.1, -0.05) is 0 Å². The number of nitrogens with zero attached hydrogens (tertiary/aromatic N) is 1. The Morgan fingerprint density at radius 1 is 1.00 bits per heavy atom. The van der Waals surface area contributed by atoms with Gasteiger partial charge in [-0.2, -0.15) is 13.2 Å². The monoisotopic (exact) mass is 215 g/mol. The van der Waals surface area contributed by atoms with E-state index in [1.165, 1.54) is 0 Å². The van der Waals surface area contributed by atoms with Crippen molar-refractivity contribution < 1.29 is 30.6 Å². The average Bonchev–Trinajstić information content (AvgIpc) is 2.01. The Bertz CT molecular complexity index is 280. The SMILES string of the molecule is F[B-](F)(F)[n+]1ccc(C(F)(F)F)cc1. The molecule has 8 heteroatoms. The minimum absolute atomic E-state index is 0.199. The van der Waals surface area contributed by atoms with Crippen molar-refractivity contribution in [3.05, 3.63) is 30.1 Å². The highest BCUT2D eigenvalue weighted by molar-refractivity contribution is 6.48. The Hall–Kier alpha value is -1.21. The molecule has 14 heavy (non-hydrogen) atoms. The number of pyridine rings is 1. The Labute approximate surface area is 75.0 Å². The average molecular weight is 215 g/mol. The first-order valence-electron chi connectivity index (χ1n) is 3.49. The van der Waals surface area contributed by atoms with Crippen LogP contribution in [-0.4, -0.2) is 7.11 Å². The number of aromatic nitrogens is 1. The van der Waals surface area contributed by atoms with E-state index in [9.17, 15) is 26.1 Å². The first-order chi connectivity index (χ1) is 6.21. The van der Waals surface area contributed by atoms with E-state index in [0.717, 1.165) is 0 Å². The summed E-state index contributed by atoms with van der Waals surface area (Å²) in [6.07, 6.45) is -3.91. The molecule has 0 aliphatic rings. The molecule has 1 aromatic heterocycles. The van der Waals surface area contributed by atoms with Crippen LogP contribution in [0, 0.1) is 0 Å². The predicted octanol–water partition coefficient (Wildman–Crippen LogP) is 2.19. The Kier molecular flexibility index (Phi) is 2.47. The van der Waals surface area contributed by atoms with E-state index >= 15 is 0 Å². The third-order valence-corrected chi connectivity index (χ3v) is 1.52. The zero-order chi connectivity index (χ0) is 11.0. The number of hydrogen-bond donors (Lipinski definition) is 0. The largest absolute Gasteiger partial charge is 0.810 e. The summed E-state index contributed by atoms with van der Waals surface area (Å²) in [4.78, 5) is 0. The molecule has 78 valence electrons. The fraction of sp³-hybridized carbons (Fsp3) is 0.167. The second-order valence-electron chi connectivity index (χ2n) is 2.57. The lowest BCUT2D eigenvalue weighted by atomic mass is 10.1. The fourth-order valence-corrected chi connectivity index (χ4v) is 0.822. The molecule has 0 unspecified atom stereocenters. The van der Waals surface area contributed by atoms with Gasteiger partial charge in [0.2, 0.25) is 0 Å². The van der Waals surface area contributed by atoms with Gasteiger partial charge in [-0.15, -0.1) is 0 Å². The van der Waals surface area contributed by atoms with Gasteiger partial charge >= 0.3 is 13.3 Å². The van der Waals surface area contributed by atoms with Crippen molar-refractivity contribution in [3.8, 4) is 0 Å². The lowest BCUT2D eigenvalue weighted by Gasteiger charge is -2.09. The van der Waals surface area contributed by atoms with Gasteiger partial charge in [0.15, 0.2) is 0 Å². The number of halogens is 6. The minimum Gasteiger partial charge on any atom is -0.379 e. The molecule has 1 rings (SSSR count). The molecular weight excluding hydrogens is 211 g/mol. The Morgan fingerprint density at radius 2 is 1.43 bits per heavy atom. The van der Waals surface area contributed by atoms with Gasteiger partial charge in [0, 0.05) is 12.1 Å². The second-order valence-corrected chi connectivity index (χ2v) is 2.57. The van der Waals surface area contributed by atoms with E-state index in [-0.39, 0.29) is 4.48 Å². The molecule has 0 radical (unpaired) electrons. The Morgan fingerprint density at radius 3 is 1.71 bits per heavy atom. The first-order valence-corrected chi connectivity index (χ1v) is 3.49. The third kappa shape index (κ3) is 2.40. The molecule has 0 bridgehead atoms. The van der Waals surface area contributed by atoms with Gasteiger partial charge in [0.25, 0.3) is 0 Å². The van der Waals surface area contributed by atoms with Crippen LogP contribution in [0.2, 0.25) is 0 Å². The molecule has 0 spiro atoms. The van der Waals surface area contributed by atoms with Crippen LogP contribution in [0.4, 0.5) is 26.1 Å². The molecule has 0 N–H and O–H groups in total. The number of alkyl halides is 3. The van der Waals surface area contributed by atoms with Crippen LogP contribution in [0.3, 0.4) is 0 Å². The molecule has 0 amide bonds. The number of hydrogen-bond acceptors (Lipinski definition) is 0. The number of rotatable bonds is 1. The summed E-state index contributed by atoms with van der Waals surface area (Å²) in [5, 5.41) is 0. The molecule has 0 atom stereocenters. The van der Waals surface area contributed by atoms with Gasteiger partial charge in [0.05, 0.1) is 5.56 Å². The van der Waals surface area contributed by atoms with Crippen LogP contribution < -0.4 is 4.48 Å². The molecule has 1 aromatic rings. The van der Waals surface area contributed by atoms with Gasteiger partial charge in [-0.3, -0.25) is 0 Å². The Balaban J connectivity index is 3.02. The molecular formula is C6H4BF6N. The smallest absolute Gasteiger partial charge is 0.379 e. The standard InChI is InChI=1S/C6H4BF6N/c8-6(9,10)5-1-3-14(4-2-5)7(11,12)13/h1-4H. The van der Waals surface area contributed by atoms with Gasteiger partial charge in [-0.05, 0) is 0 Å². The van der Waals surface area contributed by atoms with E-state index in [4.69, 9.17) is 0 Å². The fourth-order valence-electron chi connectivity index (χ4n) is 0.822. The van der Waals surface area contributed by atoms with Gasteiger partial charge in [-0.25, -0.2) is 0 Å². The highest BCUT2D eigenvalue weighted by Crippen LogP contribution is 2.28. The van der Waals surface area contributed by atoms with Crippen LogP contribution in [0.15, 0.2) is 24.5 Å². The summed E-state index contributed by atoms with van der Waals surface area (Å²) in [5.74, 6) is 0. The normalized spacial score (nSPS) is 13.0. The third-order valence-electron chi connectivity index (χ3n) is 1.52. The zero-order valence-corrected chi connectivity index (χ0v) is 6.60. The van der Waals surface area contributed by atoms with Crippen molar-refractivity contribution in [1.29, 1.82) is 0 Å². The van der Waals surface area contributed by atoms with E-state index in [1.54, 1.807) is 0 Å². The minimum atomic E-state index is -5.31. The summed E-state index contributed by atoms with van der Waals surface area (Å²) in [5.41, 5.74) is -1.10. The summed E-state index contributed by atoms with van der Waals surface area (Å²) < 4.78 is 71.5. The zero-order valence-electron chi connectivity index (χ0n) is 6.60. The van der Waals surface area contributed by atoms with E-state index in [2.05, 4.69) is 0 Å². The molecule has 0 aliphatic heterocycles. The first kappa shape index (κ1) is 10.9. The molecule has 1 heterocycles. The van der Waals surface area contributed by atoms with Crippen molar-refractivity contribution in [2.75, 3.05) is 0 Å². The van der Waals surface area contributed by atoms with Crippen LogP contribution in [-0.2, 0) is 6.18 Å². The van der Waals surface area contributed by atoms with E-state index in [1.807, 2.05) is 0 Å². The van der Waals surface area contributed by atoms with Crippen LogP contribution >= 0.6 is 0 Å². The molecule has 0 saturated heterocycles.